The summed E-state index contributed by atoms with van der Waals surface area (Å²) in [5, 5.41) is 3.29. The average molecular weight is 248 g/mol. The summed E-state index contributed by atoms with van der Waals surface area (Å²) in [6, 6.07) is 3.43. The summed E-state index contributed by atoms with van der Waals surface area (Å²) >= 11 is 0. The third-order valence-electron chi connectivity index (χ3n) is 2.58. The molecule has 2 N–H and O–H groups in total. The first-order chi connectivity index (χ1) is 8.56. The molecule has 0 unspecified atom stereocenters. The molecule has 0 aromatic carbocycles. The third-order valence-corrected chi connectivity index (χ3v) is 2.58. The van der Waals surface area contributed by atoms with Gasteiger partial charge in [0.05, 0.1) is 18.4 Å². The van der Waals surface area contributed by atoms with Crippen LogP contribution in [0, 0.1) is 12.7 Å². The van der Waals surface area contributed by atoms with Gasteiger partial charge in [0.25, 0.3) is 0 Å². The van der Waals surface area contributed by atoms with Crippen molar-refractivity contribution in [2.24, 2.45) is 0 Å². The Bertz CT molecular complexity index is 516. The first-order valence-electron chi connectivity index (χ1n) is 5.97. The SMILES string of the molecule is Cc1[nH]c(CNC(C)C)nc1-c1ccc(F)cn1. The van der Waals surface area contributed by atoms with E-state index in [1.165, 1.54) is 12.3 Å². The fourth-order valence-corrected chi connectivity index (χ4v) is 1.67. The number of aryl methyl sites for hydroxylation is 1. The number of nitrogens with zero attached hydrogens (tertiary/aromatic N) is 2. The van der Waals surface area contributed by atoms with Gasteiger partial charge in [-0.3, -0.25) is 4.98 Å². The zero-order valence-corrected chi connectivity index (χ0v) is 10.8. The molecule has 0 aliphatic rings. The number of aromatic amines is 1. The molecule has 2 heterocycles. The van der Waals surface area contributed by atoms with Crippen LogP contribution < -0.4 is 5.32 Å². The molecule has 2 aromatic rings. The summed E-state index contributed by atoms with van der Waals surface area (Å²) < 4.78 is 12.8. The Balaban J connectivity index is 2.21. The number of hydrogen-bond acceptors (Lipinski definition) is 3. The van der Waals surface area contributed by atoms with E-state index < -0.39 is 0 Å². The van der Waals surface area contributed by atoms with Crippen molar-refractivity contribution in [3.63, 3.8) is 0 Å². The highest BCUT2D eigenvalue weighted by Gasteiger charge is 2.10. The molecule has 0 amide bonds. The van der Waals surface area contributed by atoms with Gasteiger partial charge in [-0.2, -0.15) is 0 Å². The second-order valence-corrected chi connectivity index (χ2v) is 4.55. The number of nitrogens with one attached hydrogen (secondary N) is 2. The molecular weight excluding hydrogens is 231 g/mol. The van der Waals surface area contributed by atoms with E-state index in [9.17, 15) is 4.39 Å². The van der Waals surface area contributed by atoms with E-state index in [1.807, 2.05) is 6.92 Å². The lowest BCUT2D eigenvalue weighted by Crippen LogP contribution is -2.22. The van der Waals surface area contributed by atoms with Gasteiger partial charge in [-0.25, -0.2) is 9.37 Å². The molecule has 0 fully saturated rings. The lowest BCUT2D eigenvalue weighted by Gasteiger charge is -2.04. The third kappa shape index (κ3) is 2.92. The molecular formula is C13H17FN4. The van der Waals surface area contributed by atoms with Crippen molar-refractivity contribution >= 4 is 0 Å². The van der Waals surface area contributed by atoms with Crippen LogP contribution in [0.25, 0.3) is 11.4 Å². The molecule has 0 radical (unpaired) electrons. The Morgan fingerprint density at radius 1 is 1.39 bits per heavy atom. The molecule has 0 saturated carbocycles. The minimum Gasteiger partial charge on any atom is -0.344 e. The van der Waals surface area contributed by atoms with Crippen LogP contribution in [0.1, 0.15) is 25.4 Å². The van der Waals surface area contributed by atoms with Crippen molar-refractivity contribution in [3.8, 4) is 11.4 Å². The molecule has 4 nitrogen and oxygen atoms in total. The van der Waals surface area contributed by atoms with Crippen molar-refractivity contribution in [1.82, 2.24) is 20.3 Å². The Morgan fingerprint density at radius 3 is 2.78 bits per heavy atom. The van der Waals surface area contributed by atoms with Crippen LogP contribution in [0.15, 0.2) is 18.3 Å². The average Bonchev–Trinajstić information content (AvgIpc) is 2.69. The molecule has 18 heavy (non-hydrogen) atoms. The summed E-state index contributed by atoms with van der Waals surface area (Å²) in [6.07, 6.45) is 1.20. The molecule has 96 valence electrons. The van der Waals surface area contributed by atoms with E-state index in [4.69, 9.17) is 0 Å². The predicted molar refractivity (Wildman–Crippen MR) is 68.5 cm³/mol. The van der Waals surface area contributed by atoms with Gasteiger partial charge in [-0.1, -0.05) is 13.8 Å². The molecule has 0 aliphatic heterocycles. The Labute approximate surface area is 106 Å². The Kier molecular flexibility index (Phi) is 3.72. The highest BCUT2D eigenvalue weighted by molar-refractivity contribution is 5.56. The monoisotopic (exact) mass is 248 g/mol. The van der Waals surface area contributed by atoms with Gasteiger partial charge < -0.3 is 10.3 Å². The summed E-state index contributed by atoms with van der Waals surface area (Å²) in [7, 11) is 0. The summed E-state index contributed by atoms with van der Waals surface area (Å²) in [5.41, 5.74) is 2.39. The second kappa shape index (κ2) is 5.27. The highest BCUT2D eigenvalue weighted by Crippen LogP contribution is 2.18. The van der Waals surface area contributed by atoms with E-state index in [2.05, 4.69) is 34.1 Å². The van der Waals surface area contributed by atoms with Crippen molar-refractivity contribution < 1.29 is 4.39 Å². The van der Waals surface area contributed by atoms with Gasteiger partial charge >= 0.3 is 0 Å². The van der Waals surface area contributed by atoms with Crippen LogP contribution >= 0.6 is 0 Å². The van der Waals surface area contributed by atoms with Gasteiger partial charge in [-0.05, 0) is 19.1 Å². The molecule has 0 aliphatic carbocycles. The first kappa shape index (κ1) is 12.7. The van der Waals surface area contributed by atoms with Gasteiger partial charge in [0.15, 0.2) is 0 Å². The number of imidazole rings is 1. The maximum atomic E-state index is 12.8. The van der Waals surface area contributed by atoms with Gasteiger partial charge in [0, 0.05) is 11.7 Å². The second-order valence-electron chi connectivity index (χ2n) is 4.55. The largest absolute Gasteiger partial charge is 0.344 e. The Hall–Kier alpha value is -1.75. The molecule has 0 saturated heterocycles. The van der Waals surface area contributed by atoms with E-state index in [-0.39, 0.29) is 5.82 Å². The minimum absolute atomic E-state index is 0.339. The molecule has 0 spiro atoms. The van der Waals surface area contributed by atoms with Gasteiger partial charge in [0.2, 0.25) is 0 Å². The quantitative estimate of drug-likeness (QED) is 0.873. The normalized spacial score (nSPS) is 11.2. The van der Waals surface area contributed by atoms with Crippen LogP contribution in [0.5, 0.6) is 0 Å². The fraction of sp³-hybridized carbons (Fsp3) is 0.385. The predicted octanol–water partition coefficient (Wildman–Crippen LogP) is 2.42. The Morgan fingerprint density at radius 2 is 2.17 bits per heavy atom. The van der Waals surface area contributed by atoms with Gasteiger partial charge in [-0.15, -0.1) is 0 Å². The number of rotatable bonds is 4. The number of H-pyrrole nitrogens is 1. The number of pyridine rings is 1. The van der Waals surface area contributed by atoms with Crippen LogP contribution in [0.3, 0.4) is 0 Å². The van der Waals surface area contributed by atoms with Crippen molar-refractivity contribution in [3.05, 3.63) is 35.7 Å². The van der Waals surface area contributed by atoms with E-state index >= 15 is 0 Å². The number of hydrogen-bond donors (Lipinski definition) is 2. The van der Waals surface area contributed by atoms with Crippen LogP contribution in [-0.2, 0) is 6.54 Å². The molecule has 5 heteroatoms. The fourth-order valence-electron chi connectivity index (χ4n) is 1.67. The zero-order chi connectivity index (χ0) is 13.1. The minimum atomic E-state index is -0.339. The van der Waals surface area contributed by atoms with Crippen molar-refractivity contribution in [1.29, 1.82) is 0 Å². The van der Waals surface area contributed by atoms with Crippen molar-refractivity contribution in [2.75, 3.05) is 0 Å². The van der Waals surface area contributed by atoms with Crippen LogP contribution in [0.2, 0.25) is 0 Å². The lowest BCUT2D eigenvalue weighted by molar-refractivity contribution is 0.575. The summed E-state index contributed by atoms with van der Waals surface area (Å²) in [4.78, 5) is 11.7. The topological polar surface area (TPSA) is 53.6 Å². The van der Waals surface area contributed by atoms with Crippen LogP contribution in [0.4, 0.5) is 4.39 Å². The maximum Gasteiger partial charge on any atom is 0.141 e. The molecule has 0 atom stereocenters. The van der Waals surface area contributed by atoms with Gasteiger partial charge in [0.1, 0.15) is 17.3 Å². The zero-order valence-electron chi connectivity index (χ0n) is 10.8. The molecule has 2 aromatic heterocycles. The van der Waals surface area contributed by atoms with Crippen molar-refractivity contribution in [2.45, 2.75) is 33.4 Å². The smallest absolute Gasteiger partial charge is 0.141 e. The lowest BCUT2D eigenvalue weighted by atomic mass is 10.2. The number of aromatic nitrogens is 3. The number of halogens is 1. The van der Waals surface area contributed by atoms with Crippen LogP contribution in [-0.4, -0.2) is 21.0 Å². The standard InChI is InChI=1S/C13H17FN4/c1-8(2)15-7-12-17-9(3)13(18-12)11-5-4-10(14)6-16-11/h4-6,8,15H,7H2,1-3H3,(H,17,18). The highest BCUT2D eigenvalue weighted by atomic mass is 19.1. The maximum absolute atomic E-state index is 12.8. The van der Waals surface area contributed by atoms with E-state index in [0.29, 0.717) is 18.3 Å². The molecule has 0 bridgehead atoms. The van der Waals surface area contributed by atoms with E-state index in [1.54, 1.807) is 6.07 Å². The molecule has 2 rings (SSSR count). The summed E-state index contributed by atoms with van der Waals surface area (Å²) in [5.74, 6) is 0.524. The summed E-state index contributed by atoms with van der Waals surface area (Å²) in [6.45, 7) is 6.78. The first-order valence-corrected chi connectivity index (χ1v) is 5.97. The van der Waals surface area contributed by atoms with E-state index in [0.717, 1.165) is 17.2 Å².